The highest BCUT2D eigenvalue weighted by atomic mass is 32.1. The van der Waals surface area contributed by atoms with E-state index in [0.29, 0.717) is 31.9 Å². The Bertz CT molecular complexity index is 1500. The van der Waals surface area contributed by atoms with Crippen molar-refractivity contribution in [2.75, 3.05) is 13.7 Å². The number of benzene rings is 2. The molecular weight excluding hydrogens is 468 g/mol. The molecule has 0 fully saturated rings. The van der Waals surface area contributed by atoms with Gasteiger partial charge >= 0.3 is 11.9 Å². The summed E-state index contributed by atoms with van der Waals surface area (Å²) in [5.74, 6) is -0.303. The molecule has 1 aliphatic rings. The lowest BCUT2D eigenvalue weighted by Gasteiger charge is -2.24. The third-order valence-corrected chi connectivity index (χ3v) is 6.35. The molecule has 2 aromatic carbocycles. The van der Waals surface area contributed by atoms with E-state index < -0.39 is 18.0 Å². The van der Waals surface area contributed by atoms with E-state index in [1.165, 1.54) is 29.9 Å². The lowest BCUT2D eigenvalue weighted by atomic mass is 9.96. The number of carbonyl (C=O) groups is 2. The summed E-state index contributed by atoms with van der Waals surface area (Å²) in [6, 6.07) is 13.7. The van der Waals surface area contributed by atoms with Crippen LogP contribution >= 0.6 is 11.3 Å². The summed E-state index contributed by atoms with van der Waals surface area (Å²) in [4.78, 5) is 42.9. The SMILES string of the molecule is CCOC(=O)C1=C(C)N=c2s/c(=C\c3ccc(OC(C)=O)c(OC)c3)c(=O)n2C1c1ccccc1. The predicted molar refractivity (Wildman–Crippen MR) is 131 cm³/mol. The highest BCUT2D eigenvalue weighted by molar-refractivity contribution is 7.07. The van der Waals surface area contributed by atoms with Gasteiger partial charge in [0.05, 0.1) is 35.6 Å². The first-order chi connectivity index (χ1) is 16.8. The third-order valence-electron chi connectivity index (χ3n) is 5.37. The molecule has 0 spiro atoms. The Morgan fingerprint density at radius 1 is 1.14 bits per heavy atom. The van der Waals surface area contributed by atoms with Gasteiger partial charge in [-0.3, -0.25) is 14.2 Å². The Balaban J connectivity index is 1.88. The van der Waals surface area contributed by atoms with Crippen molar-refractivity contribution >= 4 is 29.4 Å². The van der Waals surface area contributed by atoms with Crippen LogP contribution in [0.4, 0.5) is 0 Å². The van der Waals surface area contributed by atoms with Gasteiger partial charge in [0.1, 0.15) is 0 Å². The number of rotatable bonds is 6. The normalized spacial score (nSPS) is 15.3. The molecule has 2 heterocycles. The van der Waals surface area contributed by atoms with Gasteiger partial charge in [0, 0.05) is 6.92 Å². The number of carbonyl (C=O) groups excluding carboxylic acids is 2. The van der Waals surface area contributed by atoms with Gasteiger partial charge in [0.25, 0.3) is 5.56 Å². The van der Waals surface area contributed by atoms with Crippen LogP contribution in [0.25, 0.3) is 6.08 Å². The second-order valence-electron chi connectivity index (χ2n) is 7.72. The fraction of sp³-hybridized carbons (Fsp3) is 0.231. The summed E-state index contributed by atoms with van der Waals surface area (Å²) < 4.78 is 17.8. The molecule has 4 rings (SSSR count). The molecule has 1 unspecified atom stereocenters. The molecule has 180 valence electrons. The maximum absolute atomic E-state index is 13.6. The van der Waals surface area contributed by atoms with Crippen molar-refractivity contribution in [3.05, 3.63) is 90.6 Å². The molecule has 3 aromatic rings. The fourth-order valence-electron chi connectivity index (χ4n) is 3.91. The zero-order chi connectivity index (χ0) is 25.1. The number of hydrogen-bond donors (Lipinski definition) is 0. The van der Waals surface area contributed by atoms with Crippen LogP contribution in [0.3, 0.4) is 0 Å². The molecule has 0 N–H and O–H groups in total. The maximum atomic E-state index is 13.6. The monoisotopic (exact) mass is 492 g/mol. The van der Waals surface area contributed by atoms with Crippen LogP contribution in [0.1, 0.15) is 37.9 Å². The minimum atomic E-state index is -0.658. The minimum Gasteiger partial charge on any atom is -0.493 e. The molecule has 0 radical (unpaired) electrons. The molecule has 0 saturated carbocycles. The van der Waals surface area contributed by atoms with E-state index in [-0.39, 0.29) is 17.9 Å². The van der Waals surface area contributed by atoms with E-state index in [1.54, 1.807) is 38.1 Å². The van der Waals surface area contributed by atoms with Crippen LogP contribution in [0.2, 0.25) is 0 Å². The highest BCUT2D eigenvalue weighted by Gasteiger charge is 2.33. The quantitative estimate of drug-likeness (QED) is 0.388. The van der Waals surface area contributed by atoms with E-state index >= 15 is 0 Å². The number of esters is 2. The number of ether oxygens (including phenoxy) is 3. The van der Waals surface area contributed by atoms with Gasteiger partial charge in [-0.15, -0.1) is 0 Å². The second-order valence-corrected chi connectivity index (χ2v) is 8.73. The Kier molecular flexibility index (Phi) is 6.97. The number of aromatic nitrogens is 1. The summed E-state index contributed by atoms with van der Waals surface area (Å²) in [5.41, 5.74) is 2.03. The van der Waals surface area contributed by atoms with Gasteiger partial charge in [-0.25, -0.2) is 9.79 Å². The van der Waals surface area contributed by atoms with Gasteiger partial charge < -0.3 is 14.2 Å². The van der Waals surface area contributed by atoms with E-state index in [0.717, 1.165) is 5.56 Å². The maximum Gasteiger partial charge on any atom is 0.338 e. The van der Waals surface area contributed by atoms with Crippen LogP contribution < -0.4 is 24.4 Å². The topological polar surface area (TPSA) is 96.2 Å². The molecular formula is C26H24N2O6S. The van der Waals surface area contributed by atoms with Gasteiger partial charge in [-0.05, 0) is 43.2 Å². The number of methoxy groups -OCH3 is 1. The van der Waals surface area contributed by atoms with Gasteiger partial charge in [-0.1, -0.05) is 47.7 Å². The van der Waals surface area contributed by atoms with Crippen LogP contribution in [-0.4, -0.2) is 30.2 Å². The Morgan fingerprint density at radius 2 is 1.89 bits per heavy atom. The Labute approximate surface area is 205 Å². The molecule has 1 atom stereocenters. The minimum absolute atomic E-state index is 0.215. The number of nitrogens with zero attached hydrogens (tertiary/aromatic N) is 2. The smallest absolute Gasteiger partial charge is 0.338 e. The standard InChI is InChI=1S/C26H24N2O6S/c1-5-33-25(31)22-15(2)27-26-28(23(22)18-9-7-6-8-10-18)24(30)21(35-26)14-17-11-12-19(34-16(3)29)20(13-17)32-4/h6-14,23H,5H2,1-4H3/b21-14-. The van der Waals surface area contributed by atoms with E-state index in [9.17, 15) is 14.4 Å². The molecule has 9 heteroatoms. The van der Waals surface area contributed by atoms with Gasteiger partial charge in [0.15, 0.2) is 16.3 Å². The molecule has 8 nitrogen and oxygen atoms in total. The summed E-state index contributed by atoms with van der Waals surface area (Å²) in [6.07, 6.45) is 1.72. The van der Waals surface area contributed by atoms with Crippen LogP contribution in [0.5, 0.6) is 11.5 Å². The van der Waals surface area contributed by atoms with Crippen LogP contribution in [0.15, 0.2) is 69.6 Å². The van der Waals surface area contributed by atoms with Gasteiger partial charge in [0.2, 0.25) is 0 Å². The summed E-state index contributed by atoms with van der Waals surface area (Å²) in [5, 5.41) is 0. The number of thiazole rings is 1. The van der Waals surface area contributed by atoms with Crippen LogP contribution in [0, 0.1) is 0 Å². The average Bonchev–Trinajstić information content (AvgIpc) is 3.13. The summed E-state index contributed by atoms with van der Waals surface area (Å²) in [7, 11) is 1.47. The Hall–Kier alpha value is -3.98. The zero-order valence-electron chi connectivity index (χ0n) is 19.7. The van der Waals surface area contributed by atoms with Crippen LogP contribution in [-0.2, 0) is 14.3 Å². The molecule has 35 heavy (non-hydrogen) atoms. The van der Waals surface area contributed by atoms with E-state index in [2.05, 4.69) is 4.99 Å². The van der Waals surface area contributed by atoms with Crippen molar-refractivity contribution in [3.8, 4) is 11.5 Å². The first-order valence-electron chi connectivity index (χ1n) is 10.9. The first kappa shape index (κ1) is 24.2. The van der Waals surface area contributed by atoms with Crippen molar-refractivity contribution in [1.29, 1.82) is 0 Å². The molecule has 0 bridgehead atoms. The first-order valence-corrected chi connectivity index (χ1v) is 11.8. The second kappa shape index (κ2) is 10.1. The largest absolute Gasteiger partial charge is 0.493 e. The number of fused-ring (bicyclic) bond motifs is 1. The Morgan fingerprint density at radius 3 is 2.54 bits per heavy atom. The van der Waals surface area contributed by atoms with E-state index in [1.807, 2.05) is 30.3 Å². The van der Waals surface area contributed by atoms with E-state index in [4.69, 9.17) is 14.2 Å². The van der Waals surface area contributed by atoms with Crippen molar-refractivity contribution in [3.63, 3.8) is 0 Å². The molecule has 1 aromatic heterocycles. The lowest BCUT2D eigenvalue weighted by molar-refractivity contribution is -0.139. The molecule has 0 aliphatic carbocycles. The summed E-state index contributed by atoms with van der Waals surface area (Å²) >= 11 is 1.23. The molecule has 0 saturated heterocycles. The highest BCUT2D eigenvalue weighted by Crippen LogP contribution is 2.31. The fourth-order valence-corrected chi connectivity index (χ4v) is 4.95. The van der Waals surface area contributed by atoms with Gasteiger partial charge in [-0.2, -0.15) is 0 Å². The zero-order valence-corrected chi connectivity index (χ0v) is 20.5. The van der Waals surface area contributed by atoms with Crippen molar-refractivity contribution < 1.29 is 23.8 Å². The summed E-state index contributed by atoms with van der Waals surface area (Å²) in [6.45, 7) is 5.01. The van der Waals surface area contributed by atoms with Crippen molar-refractivity contribution in [1.82, 2.24) is 4.57 Å². The number of hydrogen-bond acceptors (Lipinski definition) is 8. The number of allylic oxidation sites excluding steroid dienone is 1. The lowest BCUT2D eigenvalue weighted by Crippen LogP contribution is -2.39. The molecule has 1 aliphatic heterocycles. The van der Waals surface area contributed by atoms with Crippen molar-refractivity contribution in [2.45, 2.75) is 26.8 Å². The molecule has 0 amide bonds. The predicted octanol–water partition coefficient (Wildman–Crippen LogP) is 2.73. The van der Waals surface area contributed by atoms with Crippen molar-refractivity contribution in [2.24, 2.45) is 4.99 Å². The third kappa shape index (κ3) is 4.81. The average molecular weight is 493 g/mol.